The normalized spacial score (nSPS) is 10.6. The van der Waals surface area contributed by atoms with E-state index in [4.69, 9.17) is 9.90 Å². The second-order valence-corrected chi connectivity index (χ2v) is 3.57. The van der Waals surface area contributed by atoms with E-state index in [1.165, 1.54) is 44.9 Å². The molecule has 2 nitrogen and oxygen atoms in total. The fourth-order valence-electron chi connectivity index (χ4n) is 1.03. The topological polar surface area (TPSA) is 37.3 Å². The first kappa shape index (κ1) is 17.6. The molecule has 0 rings (SSSR count). The molecule has 0 aliphatic heterocycles. The molecule has 98 valence electrons. The van der Waals surface area contributed by atoms with Crippen LogP contribution in [-0.2, 0) is 4.79 Å². The number of hydrogen-bond acceptors (Lipinski definition) is 1. The van der Waals surface area contributed by atoms with Gasteiger partial charge in [0.05, 0.1) is 0 Å². The highest BCUT2D eigenvalue weighted by Crippen LogP contribution is 2.13. The standard InChI is InChI=1S/C9H20.C2HF3O2/c1-3-5-7-9-8-6-4-2;3-2(4,5)1(6)7/h3-9H2,1-2H3;(H,6,7). The lowest BCUT2D eigenvalue weighted by Gasteiger charge is -1.96. The average Bonchev–Trinajstić information content (AvgIpc) is 2.17. The first-order valence-electron chi connectivity index (χ1n) is 5.66. The fourth-order valence-corrected chi connectivity index (χ4v) is 1.03. The smallest absolute Gasteiger partial charge is 0.475 e. The molecule has 1 N–H and O–H groups in total. The van der Waals surface area contributed by atoms with Crippen LogP contribution in [0.3, 0.4) is 0 Å². The maximum atomic E-state index is 10.6. The molecule has 0 aromatic carbocycles. The van der Waals surface area contributed by atoms with E-state index in [1.54, 1.807) is 0 Å². The van der Waals surface area contributed by atoms with Crippen LogP contribution in [0.1, 0.15) is 58.8 Å². The molecule has 0 unspecified atom stereocenters. The molecule has 0 amide bonds. The average molecular weight is 242 g/mol. The third-order valence-electron chi connectivity index (χ3n) is 1.95. The van der Waals surface area contributed by atoms with Gasteiger partial charge in [0.2, 0.25) is 0 Å². The zero-order valence-corrected chi connectivity index (χ0v) is 9.94. The molecule has 0 aliphatic carbocycles. The number of carbonyl (C=O) groups is 1. The molecule has 0 aliphatic rings. The number of alkyl halides is 3. The summed E-state index contributed by atoms with van der Waals surface area (Å²) in [5.74, 6) is -2.76. The second kappa shape index (κ2) is 10.8. The Hall–Kier alpha value is -0.740. The van der Waals surface area contributed by atoms with Crippen LogP contribution in [0.2, 0.25) is 0 Å². The van der Waals surface area contributed by atoms with Gasteiger partial charge >= 0.3 is 12.1 Å². The zero-order chi connectivity index (χ0) is 13.0. The molecule has 0 saturated heterocycles. The van der Waals surface area contributed by atoms with Gasteiger partial charge in [0.1, 0.15) is 0 Å². The maximum Gasteiger partial charge on any atom is 0.490 e. The molecule has 0 bridgehead atoms. The van der Waals surface area contributed by atoms with Crippen molar-refractivity contribution < 1.29 is 23.1 Å². The van der Waals surface area contributed by atoms with E-state index in [0.29, 0.717) is 0 Å². The molecule has 16 heavy (non-hydrogen) atoms. The van der Waals surface area contributed by atoms with Gasteiger partial charge < -0.3 is 5.11 Å². The second-order valence-electron chi connectivity index (χ2n) is 3.57. The quantitative estimate of drug-likeness (QED) is 0.701. The molecule has 0 heterocycles. The number of halogens is 3. The highest BCUT2D eigenvalue weighted by Gasteiger charge is 2.38. The van der Waals surface area contributed by atoms with Crippen molar-refractivity contribution in [3.8, 4) is 0 Å². The van der Waals surface area contributed by atoms with E-state index in [0.717, 1.165) is 0 Å². The summed E-state index contributed by atoms with van der Waals surface area (Å²) in [6.45, 7) is 4.53. The Bertz CT molecular complexity index is 161. The molecule has 0 aromatic heterocycles. The summed E-state index contributed by atoms with van der Waals surface area (Å²) < 4.78 is 31.7. The third-order valence-corrected chi connectivity index (χ3v) is 1.95. The van der Waals surface area contributed by atoms with Gasteiger partial charge in [-0.15, -0.1) is 0 Å². The zero-order valence-electron chi connectivity index (χ0n) is 9.94. The highest BCUT2D eigenvalue weighted by atomic mass is 19.4. The molecular formula is C11H21F3O2. The van der Waals surface area contributed by atoms with Crippen molar-refractivity contribution in [1.29, 1.82) is 0 Å². The summed E-state index contributed by atoms with van der Waals surface area (Å²) in [5, 5.41) is 7.12. The van der Waals surface area contributed by atoms with E-state index in [-0.39, 0.29) is 0 Å². The summed E-state index contributed by atoms with van der Waals surface area (Å²) in [5.41, 5.74) is 0. The van der Waals surface area contributed by atoms with Gasteiger partial charge in [-0.3, -0.25) is 0 Å². The largest absolute Gasteiger partial charge is 0.490 e. The lowest BCUT2D eigenvalue weighted by atomic mass is 10.1. The van der Waals surface area contributed by atoms with Gasteiger partial charge in [-0.2, -0.15) is 13.2 Å². The van der Waals surface area contributed by atoms with Crippen molar-refractivity contribution in [3.05, 3.63) is 0 Å². The predicted octanol–water partition coefficient (Wildman–Crippen LogP) is 4.39. The van der Waals surface area contributed by atoms with Crippen LogP contribution in [-0.4, -0.2) is 17.3 Å². The van der Waals surface area contributed by atoms with Crippen LogP contribution >= 0.6 is 0 Å². The van der Waals surface area contributed by atoms with Crippen molar-refractivity contribution >= 4 is 5.97 Å². The van der Waals surface area contributed by atoms with Crippen molar-refractivity contribution in [3.63, 3.8) is 0 Å². The minimum Gasteiger partial charge on any atom is -0.475 e. The van der Waals surface area contributed by atoms with Gasteiger partial charge in [0.25, 0.3) is 0 Å². The Morgan fingerprint density at radius 3 is 1.38 bits per heavy atom. The maximum absolute atomic E-state index is 10.6. The monoisotopic (exact) mass is 242 g/mol. The Morgan fingerprint density at radius 1 is 0.938 bits per heavy atom. The minimum absolute atomic E-state index is 1.37. The molecule has 0 fully saturated rings. The van der Waals surface area contributed by atoms with E-state index in [2.05, 4.69) is 13.8 Å². The Balaban J connectivity index is 0. The van der Waals surface area contributed by atoms with Crippen LogP contribution in [0, 0.1) is 0 Å². The van der Waals surface area contributed by atoms with Crippen LogP contribution in [0.5, 0.6) is 0 Å². The minimum atomic E-state index is -5.08. The van der Waals surface area contributed by atoms with Gasteiger partial charge in [-0.05, 0) is 0 Å². The summed E-state index contributed by atoms with van der Waals surface area (Å²) in [6, 6.07) is 0. The van der Waals surface area contributed by atoms with Gasteiger partial charge in [-0.25, -0.2) is 4.79 Å². The van der Waals surface area contributed by atoms with Crippen LogP contribution in [0.25, 0.3) is 0 Å². The summed E-state index contributed by atoms with van der Waals surface area (Å²) in [4.78, 5) is 8.90. The van der Waals surface area contributed by atoms with E-state index >= 15 is 0 Å². The van der Waals surface area contributed by atoms with Crippen molar-refractivity contribution in [2.45, 2.75) is 65.0 Å². The lowest BCUT2D eigenvalue weighted by Crippen LogP contribution is -2.21. The molecule has 0 radical (unpaired) electrons. The Morgan fingerprint density at radius 2 is 1.19 bits per heavy atom. The molecular weight excluding hydrogens is 221 g/mol. The van der Waals surface area contributed by atoms with E-state index in [9.17, 15) is 13.2 Å². The van der Waals surface area contributed by atoms with Crippen LogP contribution < -0.4 is 0 Å². The van der Waals surface area contributed by atoms with Crippen LogP contribution in [0.4, 0.5) is 13.2 Å². The van der Waals surface area contributed by atoms with Crippen molar-refractivity contribution in [2.24, 2.45) is 0 Å². The predicted molar refractivity (Wildman–Crippen MR) is 57.4 cm³/mol. The molecule has 5 heteroatoms. The number of unbranched alkanes of at least 4 members (excludes halogenated alkanes) is 6. The Labute approximate surface area is 94.8 Å². The number of hydrogen-bond donors (Lipinski definition) is 1. The van der Waals surface area contributed by atoms with Gasteiger partial charge in [-0.1, -0.05) is 58.8 Å². The van der Waals surface area contributed by atoms with Gasteiger partial charge in [0.15, 0.2) is 0 Å². The molecule has 0 aromatic rings. The molecule has 0 saturated carbocycles. The Kier molecular flexibility index (Phi) is 11.9. The first-order chi connectivity index (χ1) is 7.36. The summed E-state index contributed by atoms with van der Waals surface area (Å²) in [7, 11) is 0. The highest BCUT2D eigenvalue weighted by molar-refractivity contribution is 5.73. The summed E-state index contributed by atoms with van der Waals surface area (Å²) in [6.07, 6.45) is 4.89. The van der Waals surface area contributed by atoms with E-state index in [1.807, 2.05) is 0 Å². The number of aliphatic carboxylic acids is 1. The fraction of sp³-hybridized carbons (Fsp3) is 0.909. The molecule has 0 atom stereocenters. The number of carboxylic acid groups (broad SMARTS) is 1. The lowest BCUT2D eigenvalue weighted by molar-refractivity contribution is -0.192. The number of carboxylic acids is 1. The van der Waals surface area contributed by atoms with Crippen molar-refractivity contribution in [2.75, 3.05) is 0 Å². The van der Waals surface area contributed by atoms with Gasteiger partial charge in [0, 0.05) is 0 Å². The summed E-state index contributed by atoms with van der Waals surface area (Å²) >= 11 is 0. The molecule has 0 spiro atoms. The first-order valence-corrected chi connectivity index (χ1v) is 5.66. The number of rotatable bonds is 6. The van der Waals surface area contributed by atoms with Crippen molar-refractivity contribution in [1.82, 2.24) is 0 Å². The van der Waals surface area contributed by atoms with Crippen LogP contribution in [0.15, 0.2) is 0 Å². The third kappa shape index (κ3) is 15.7. The van der Waals surface area contributed by atoms with E-state index < -0.39 is 12.1 Å². The SMILES string of the molecule is CCCCCCCCC.O=C(O)C(F)(F)F.